The molecule has 0 atom stereocenters. The van der Waals surface area contributed by atoms with Gasteiger partial charge in [0.2, 0.25) is 0 Å². The minimum atomic E-state index is -0.494. The summed E-state index contributed by atoms with van der Waals surface area (Å²) in [6, 6.07) is 12.6. The lowest BCUT2D eigenvalue weighted by Gasteiger charge is -2.13. The molecule has 7 nitrogen and oxygen atoms in total. The van der Waals surface area contributed by atoms with E-state index in [9.17, 15) is 19.7 Å². The van der Waals surface area contributed by atoms with Gasteiger partial charge in [0.1, 0.15) is 5.75 Å². The fraction of sp³-hybridized carbons (Fsp3) is 0.176. The van der Waals surface area contributed by atoms with Gasteiger partial charge >= 0.3 is 0 Å². The maximum atomic E-state index is 12.2. The number of imide groups is 1. The average Bonchev–Trinajstić information content (AvgIpc) is 2.84. The molecule has 0 saturated carbocycles. The molecule has 0 saturated heterocycles. The fourth-order valence-electron chi connectivity index (χ4n) is 2.54. The van der Waals surface area contributed by atoms with Crippen LogP contribution in [0, 0.1) is 10.1 Å². The minimum absolute atomic E-state index is 0.0483. The quantitative estimate of drug-likeness (QED) is 0.352. The molecular weight excluding hydrogens is 312 g/mol. The molecular formula is C17H14N2O5. The van der Waals surface area contributed by atoms with E-state index in [0.717, 1.165) is 0 Å². The van der Waals surface area contributed by atoms with Crippen molar-refractivity contribution in [3.05, 3.63) is 69.8 Å². The smallest absolute Gasteiger partial charge is 0.273 e. The Hall–Kier alpha value is -3.22. The van der Waals surface area contributed by atoms with Crippen molar-refractivity contribution in [2.24, 2.45) is 0 Å². The molecule has 0 N–H and O–H groups in total. The van der Waals surface area contributed by atoms with Crippen LogP contribution in [0.5, 0.6) is 5.75 Å². The van der Waals surface area contributed by atoms with E-state index in [1.165, 1.54) is 23.1 Å². The Morgan fingerprint density at radius 2 is 1.67 bits per heavy atom. The second-order valence-electron chi connectivity index (χ2n) is 5.26. The van der Waals surface area contributed by atoms with Crippen molar-refractivity contribution < 1.29 is 19.2 Å². The average molecular weight is 326 g/mol. The van der Waals surface area contributed by atoms with E-state index in [-0.39, 0.29) is 30.7 Å². The Balaban J connectivity index is 1.55. The number of non-ortho nitro benzene ring substituents is 1. The fourth-order valence-corrected chi connectivity index (χ4v) is 2.54. The zero-order valence-corrected chi connectivity index (χ0v) is 12.7. The van der Waals surface area contributed by atoms with Crippen molar-refractivity contribution in [1.82, 2.24) is 4.90 Å². The second-order valence-corrected chi connectivity index (χ2v) is 5.26. The minimum Gasteiger partial charge on any atom is -0.493 e. The number of benzene rings is 2. The van der Waals surface area contributed by atoms with Crippen LogP contribution in [0.3, 0.4) is 0 Å². The highest BCUT2D eigenvalue weighted by molar-refractivity contribution is 6.21. The van der Waals surface area contributed by atoms with Crippen LogP contribution in [-0.4, -0.2) is 34.8 Å². The Kier molecular flexibility index (Phi) is 4.24. The molecule has 0 spiro atoms. The summed E-state index contributed by atoms with van der Waals surface area (Å²) in [5.74, 6) is -0.219. The molecule has 1 aliphatic rings. The highest BCUT2D eigenvalue weighted by Gasteiger charge is 2.34. The first-order valence-electron chi connectivity index (χ1n) is 7.40. The molecule has 1 aliphatic heterocycles. The number of carbonyl (C=O) groups is 2. The summed E-state index contributed by atoms with van der Waals surface area (Å²) < 4.78 is 5.45. The van der Waals surface area contributed by atoms with Crippen molar-refractivity contribution in [1.29, 1.82) is 0 Å². The molecule has 0 fully saturated rings. The molecule has 2 aromatic carbocycles. The van der Waals surface area contributed by atoms with Crippen molar-refractivity contribution in [3.8, 4) is 5.75 Å². The third kappa shape index (κ3) is 2.96. The number of ether oxygens (including phenoxy) is 1. The Morgan fingerprint density at radius 1 is 1.00 bits per heavy atom. The van der Waals surface area contributed by atoms with Gasteiger partial charge in [-0.2, -0.15) is 0 Å². The van der Waals surface area contributed by atoms with Crippen molar-refractivity contribution in [2.75, 3.05) is 13.2 Å². The van der Waals surface area contributed by atoms with Crippen LogP contribution in [0.15, 0.2) is 48.5 Å². The molecule has 3 rings (SSSR count). The van der Waals surface area contributed by atoms with Crippen LogP contribution in [-0.2, 0) is 0 Å². The SMILES string of the molecule is O=C1c2ccccc2C(=O)N1CCCOc1cccc([N+](=O)[O-])c1. The summed E-state index contributed by atoms with van der Waals surface area (Å²) >= 11 is 0. The number of hydrogen-bond donors (Lipinski definition) is 0. The molecule has 122 valence electrons. The van der Waals surface area contributed by atoms with E-state index in [0.29, 0.717) is 23.3 Å². The number of fused-ring (bicyclic) bond motifs is 1. The highest BCUT2D eigenvalue weighted by Crippen LogP contribution is 2.23. The van der Waals surface area contributed by atoms with E-state index < -0.39 is 4.92 Å². The van der Waals surface area contributed by atoms with Crippen LogP contribution >= 0.6 is 0 Å². The van der Waals surface area contributed by atoms with Crippen molar-refractivity contribution in [2.45, 2.75) is 6.42 Å². The van der Waals surface area contributed by atoms with Gasteiger partial charge in [-0.25, -0.2) is 0 Å². The molecule has 2 aromatic rings. The van der Waals surface area contributed by atoms with E-state index in [2.05, 4.69) is 0 Å². The van der Waals surface area contributed by atoms with E-state index in [4.69, 9.17) is 4.74 Å². The molecule has 0 aromatic heterocycles. The molecule has 0 unspecified atom stereocenters. The van der Waals surface area contributed by atoms with Gasteiger partial charge in [-0.3, -0.25) is 24.6 Å². The maximum absolute atomic E-state index is 12.2. The normalized spacial score (nSPS) is 13.1. The van der Waals surface area contributed by atoms with Crippen molar-refractivity contribution in [3.63, 3.8) is 0 Å². The predicted octanol–water partition coefficient (Wildman–Crippen LogP) is 2.66. The van der Waals surface area contributed by atoms with Crippen LogP contribution < -0.4 is 4.74 Å². The van der Waals surface area contributed by atoms with Crippen molar-refractivity contribution >= 4 is 17.5 Å². The summed E-state index contributed by atoms with van der Waals surface area (Å²) in [6.45, 7) is 0.482. The van der Waals surface area contributed by atoms with Gasteiger partial charge in [0.05, 0.1) is 28.7 Å². The molecule has 7 heteroatoms. The second kappa shape index (κ2) is 6.49. The van der Waals surface area contributed by atoms with E-state index >= 15 is 0 Å². The third-order valence-electron chi connectivity index (χ3n) is 3.70. The summed E-state index contributed by atoms with van der Waals surface area (Å²) in [4.78, 5) is 35.8. The van der Waals surface area contributed by atoms with Gasteiger partial charge in [0.25, 0.3) is 17.5 Å². The monoisotopic (exact) mass is 326 g/mol. The first kappa shape index (κ1) is 15.7. The summed E-state index contributed by atoms with van der Waals surface area (Å²) in [7, 11) is 0. The van der Waals surface area contributed by atoms with Gasteiger partial charge < -0.3 is 4.74 Å². The van der Waals surface area contributed by atoms with Gasteiger partial charge in [0.15, 0.2) is 0 Å². The summed E-state index contributed by atoms with van der Waals surface area (Å²) in [5.41, 5.74) is 0.789. The first-order valence-corrected chi connectivity index (χ1v) is 7.40. The molecule has 1 heterocycles. The number of nitrogens with zero attached hydrogens (tertiary/aromatic N) is 2. The van der Waals surface area contributed by atoms with E-state index in [1.54, 1.807) is 30.3 Å². The summed E-state index contributed by atoms with van der Waals surface area (Å²) in [6.07, 6.45) is 0.439. The zero-order chi connectivity index (χ0) is 17.1. The molecule has 0 aliphatic carbocycles. The number of rotatable bonds is 6. The lowest BCUT2D eigenvalue weighted by atomic mass is 10.1. The Morgan fingerprint density at radius 3 is 2.29 bits per heavy atom. The Labute approximate surface area is 137 Å². The Bertz CT molecular complexity index is 783. The largest absolute Gasteiger partial charge is 0.493 e. The molecule has 0 bridgehead atoms. The lowest BCUT2D eigenvalue weighted by Crippen LogP contribution is -2.31. The van der Waals surface area contributed by atoms with Gasteiger partial charge in [-0.05, 0) is 24.6 Å². The maximum Gasteiger partial charge on any atom is 0.273 e. The number of carbonyl (C=O) groups excluding carboxylic acids is 2. The van der Waals surface area contributed by atoms with E-state index in [1.807, 2.05) is 0 Å². The number of hydrogen-bond acceptors (Lipinski definition) is 5. The third-order valence-corrected chi connectivity index (χ3v) is 3.70. The molecule has 0 radical (unpaired) electrons. The number of nitro benzene ring substituents is 1. The lowest BCUT2D eigenvalue weighted by molar-refractivity contribution is -0.384. The standard InChI is InChI=1S/C17H14N2O5/c20-16-14-7-1-2-8-15(14)17(21)18(16)9-4-10-24-13-6-3-5-12(11-13)19(22)23/h1-3,5-8,11H,4,9-10H2. The number of nitro groups is 1. The van der Waals surface area contributed by atoms with Crippen LogP contribution in [0.2, 0.25) is 0 Å². The van der Waals surface area contributed by atoms with Crippen LogP contribution in [0.1, 0.15) is 27.1 Å². The summed E-state index contributed by atoms with van der Waals surface area (Å²) in [5, 5.41) is 10.7. The van der Waals surface area contributed by atoms with Gasteiger partial charge in [-0.1, -0.05) is 18.2 Å². The first-order chi connectivity index (χ1) is 11.6. The number of amides is 2. The molecule has 24 heavy (non-hydrogen) atoms. The van der Waals surface area contributed by atoms with Gasteiger partial charge in [0, 0.05) is 12.6 Å². The topological polar surface area (TPSA) is 89.8 Å². The predicted molar refractivity (Wildman–Crippen MR) is 85.0 cm³/mol. The zero-order valence-electron chi connectivity index (χ0n) is 12.7. The highest BCUT2D eigenvalue weighted by atomic mass is 16.6. The van der Waals surface area contributed by atoms with Gasteiger partial charge in [-0.15, -0.1) is 0 Å². The molecule has 2 amide bonds. The van der Waals surface area contributed by atoms with Crippen LogP contribution in [0.4, 0.5) is 5.69 Å². The van der Waals surface area contributed by atoms with Crippen LogP contribution in [0.25, 0.3) is 0 Å².